The Balaban J connectivity index is 2.10. The molecule has 4 heteroatoms. The first-order valence-electron chi connectivity index (χ1n) is 6.74. The molecule has 0 spiro atoms. The average Bonchev–Trinajstić information content (AvgIpc) is 3.09. The molecule has 2 rings (SSSR count). The predicted octanol–water partition coefficient (Wildman–Crippen LogP) is 2.04. The van der Waals surface area contributed by atoms with Crippen molar-refractivity contribution >= 4 is 0 Å². The summed E-state index contributed by atoms with van der Waals surface area (Å²) < 4.78 is 5.73. The maximum Gasteiger partial charge on any atom is 0.251 e. The minimum atomic E-state index is -0.0491. The number of nitrogens with zero attached hydrogens (tertiary/aromatic N) is 1. The number of aromatic nitrogens is 2. The smallest absolute Gasteiger partial charge is 0.251 e. The van der Waals surface area contributed by atoms with Gasteiger partial charge in [-0.1, -0.05) is 20.8 Å². The molecule has 0 aromatic carbocycles. The van der Waals surface area contributed by atoms with E-state index in [1.807, 2.05) is 6.92 Å². The quantitative estimate of drug-likeness (QED) is 0.840. The van der Waals surface area contributed by atoms with Gasteiger partial charge >= 0.3 is 0 Å². The zero-order chi connectivity index (χ0) is 13.2. The van der Waals surface area contributed by atoms with Gasteiger partial charge in [-0.3, -0.25) is 4.79 Å². The van der Waals surface area contributed by atoms with Crippen molar-refractivity contribution in [3.8, 4) is 0 Å². The van der Waals surface area contributed by atoms with Crippen molar-refractivity contribution in [2.45, 2.75) is 45.4 Å². The standard InChI is InChI=1S/C14H22N2O2/c1-4-11-7-12(17)16-13(15-11)14(5-6-14)9-18-8-10(2)3/h7,10H,4-6,8-9H2,1-3H3,(H,15,16,17). The number of nitrogens with one attached hydrogen (secondary N) is 1. The molecular weight excluding hydrogens is 228 g/mol. The number of aromatic amines is 1. The fraction of sp³-hybridized carbons (Fsp3) is 0.714. The summed E-state index contributed by atoms with van der Waals surface area (Å²) >= 11 is 0. The Morgan fingerprint density at radius 2 is 2.22 bits per heavy atom. The highest BCUT2D eigenvalue weighted by molar-refractivity contribution is 5.19. The van der Waals surface area contributed by atoms with E-state index in [2.05, 4.69) is 23.8 Å². The fourth-order valence-corrected chi connectivity index (χ4v) is 2.03. The molecule has 0 bridgehead atoms. The first-order valence-corrected chi connectivity index (χ1v) is 6.74. The largest absolute Gasteiger partial charge is 0.380 e. The minimum absolute atomic E-state index is 0.0285. The summed E-state index contributed by atoms with van der Waals surface area (Å²) in [5, 5.41) is 0. The van der Waals surface area contributed by atoms with Crippen LogP contribution in [0, 0.1) is 5.92 Å². The maximum atomic E-state index is 11.6. The minimum Gasteiger partial charge on any atom is -0.380 e. The predicted molar refractivity (Wildman–Crippen MR) is 70.8 cm³/mol. The van der Waals surface area contributed by atoms with E-state index in [1.165, 1.54) is 0 Å². The summed E-state index contributed by atoms with van der Waals surface area (Å²) in [5.74, 6) is 1.35. The Morgan fingerprint density at radius 3 is 2.78 bits per heavy atom. The molecule has 0 amide bonds. The summed E-state index contributed by atoms with van der Waals surface area (Å²) in [4.78, 5) is 19.0. The van der Waals surface area contributed by atoms with Crippen molar-refractivity contribution in [3.05, 3.63) is 27.9 Å². The van der Waals surface area contributed by atoms with Gasteiger partial charge in [-0.25, -0.2) is 4.98 Å². The van der Waals surface area contributed by atoms with Gasteiger partial charge in [0.25, 0.3) is 5.56 Å². The van der Waals surface area contributed by atoms with Gasteiger partial charge < -0.3 is 9.72 Å². The molecule has 0 radical (unpaired) electrons. The topological polar surface area (TPSA) is 55.0 Å². The first-order chi connectivity index (χ1) is 8.55. The van der Waals surface area contributed by atoms with Gasteiger partial charge in [-0.15, -0.1) is 0 Å². The third-order valence-corrected chi connectivity index (χ3v) is 3.34. The van der Waals surface area contributed by atoms with Gasteiger partial charge in [0.2, 0.25) is 0 Å². The average molecular weight is 250 g/mol. The molecule has 0 saturated heterocycles. The lowest BCUT2D eigenvalue weighted by Crippen LogP contribution is -2.24. The van der Waals surface area contributed by atoms with Crippen molar-refractivity contribution < 1.29 is 4.74 Å². The first kappa shape index (κ1) is 13.3. The van der Waals surface area contributed by atoms with Crippen LogP contribution in [0.3, 0.4) is 0 Å². The molecule has 1 aromatic heterocycles. The SMILES string of the molecule is CCc1cc(=O)[nH]c(C2(COCC(C)C)CC2)n1. The van der Waals surface area contributed by atoms with Gasteiger partial charge in [-0.2, -0.15) is 0 Å². The van der Waals surface area contributed by atoms with Crippen LogP contribution in [-0.2, 0) is 16.6 Å². The molecular formula is C14H22N2O2. The lowest BCUT2D eigenvalue weighted by Gasteiger charge is -2.16. The number of aryl methyl sites for hydroxylation is 1. The highest BCUT2D eigenvalue weighted by Gasteiger charge is 2.47. The van der Waals surface area contributed by atoms with Crippen molar-refractivity contribution in [1.82, 2.24) is 9.97 Å². The van der Waals surface area contributed by atoms with Gasteiger partial charge in [-0.05, 0) is 25.2 Å². The van der Waals surface area contributed by atoms with Crippen molar-refractivity contribution in [3.63, 3.8) is 0 Å². The molecule has 1 aliphatic rings. The van der Waals surface area contributed by atoms with E-state index in [0.717, 1.165) is 37.4 Å². The number of rotatable bonds is 6. The van der Waals surface area contributed by atoms with Gasteiger partial charge in [0.15, 0.2) is 0 Å². The van der Waals surface area contributed by atoms with Crippen LogP contribution in [0.15, 0.2) is 10.9 Å². The molecule has 0 aliphatic heterocycles. The Bertz CT molecular complexity index is 461. The normalized spacial score (nSPS) is 17.1. The van der Waals surface area contributed by atoms with Crippen LogP contribution >= 0.6 is 0 Å². The molecule has 1 N–H and O–H groups in total. The molecule has 1 heterocycles. The monoisotopic (exact) mass is 250 g/mol. The van der Waals surface area contributed by atoms with E-state index in [0.29, 0.717) is 12.5 Å². The van der Waals surface area contributed by atoms with Gasteiger partial charge in [0.05, 0.1) is 12.0 Å². The second kappa shape index (κ2) is 5.22. The van der Waals surface area contributed by atoms with Crippen LogP contribution in [0.1, 0.15) is 45.1 Å². The van der Waals surface area contributed by atoms with Crippen molar-refractivity contribution in [1.29, 1.82) is 0 Å². The second-order valence-electron chi connectivity index (χ2n) is 5.63. The molecule has 4 nitrogen and oxygen atoms in total. The van der Waals surface area contributed by atoms with E-state index in [-0.39, 0.29) is 11.0 Å². The number of H-pyrrole nitrogens is 1. The highest BCUT2D eigenvalue weighted by atomic mass is 16.5. The van der Waals surface area contributed by atoms with E-state index < -0.39 is 0 Å². The van der Waals surface area contributed by atoms with Crippen LogP contribution in [0.5, 0.6) is 0 Å². The third-order valence-electron chi connectivity index (χ3n) is 3.34. The van der Waals surface area contributed by atoms with Crippen molar-refractivity contribution in [2.24, 2.45) is 5.92 Å². The molecule has 0 unspecified atom stereocenters. The van der Waals surface area contributed by atoms with Crippen molar-refractivity contribution in [2.75, 3.05) is 13.2 Å². The highest BCUT2D eigenvalue weighted by Crippen LogP contribution is 2.46. The molecule has 100 valence electrons. The molecule has 1 aliphatic carbocycles. The summed E-state index contributed by atoms with van der Waals surface area (Å²) in [6, 6.07) is 1.58. The third kappa shape index (κ3) is 2.99. The lowest BCUT2D eigenvalue weighted by molar-refractivity contribution is 0.0895. The summed E-state index contributed by atoms with van der Waals surface area (Å²) in [5.41, 5.74) is 0.787. The Morgan fingerprint density at radius 1 is 1.50 bits per heavy atom. The fourth-order valence-electron chi connectivity index (χ4n) is 2.03. The molecule has 0 atom stereocenters. The Labute approximate surface area is 108 Å². The summed E-state index contributed by atoms with van der Waals surface area (Å²) in [6.45, 7) is 7.72. The molecule has 1 saturated carbocycles. The maximum absolute atomic E-state index is 11.6. The van der Waals surface area contributed by atoms with Crippen LogP contribution in [-0.4, -0.2) is 23.2 Å². The van der Waals surface area contributed by atoms with E-state index in [1.54, 1.807) is 6.07 Å². The molecule has 1 aromatic rings. The second-order valence-corrected chi connectivity index (χ2v) is 5.63. The molecule has 18 heavy (non-hydrogen) atoms. The van der Waals surface area contributed by atoms with Crippen LogP contribution in [0.25, 0.3) is 0 Å². The molecule has 1 fully saturated rings. The van der Waals surface area contributed by atoms with E-state index >= 15 is 0 Å². The summed E-state index contributed by atoms with van der Waals surface area (Å²) in [7, 11) is 0. The number of hydrogen-bond donors (Lipinski definition) is 1. The Hall–Kier alpha value is -1.16. The summed E-state index contributed by atoms with van der Waals surface area (Å²) in [6.07, 6.45) is 2.91. The lowest BCUT2D eigenvalue weighted by atomic mass is 10.1. The number of hydrogen-bond acceptors (Lipinski definition) is 3. The van der Waals surface area contributed by atoms with Gasteiger partial charge in [0, 0.05) is 18.4 Å². The van der Waals surface area contributed by atoms with Crippen LogP contribution < -0.4 is 5.56 Å². The zero-order valence-electron chi connectivity index (χ0n) is 11.5. The van der Waals surface area contributed by atoms with Gasteiger partial charge in [0.1, 0.15) is 5.82 Å². The van der Waals surface area contributed by atoms with Crippen LogP contribution in [0.2, 0.25) is 0 Å². The Kier molecular flexibility index (Phi) is 3.85. The zero-order valence-corrected chi connectivity index (χ0v) is 11.5. The van der Waals surface area contributed by atoms with Crippen LogP contribution in [0.4, 0.5) is 0 Å². The number of ether oxygens (including phenoxy) is 1. The van der Waals surface area contributed by atoms with E-state index in [9.17, 15) is 4.79 Å². The van der Waals surface area contributed by atoms with E-state index in [4.69, 9.17) is 4.74 Å².